The molecule has 10 nitrogen and oxygen atoms in total. The Kier molecular flexibility index (Phi) is 11.6. The molecule has 44 heavy (non-hydrogen) atoms. The number of allylic oxidation sites excluding steroid dienone is 1. The first kappa shape index (κ1) is 32.3. The number of phenolic OH excluding ortho intramolecular Hbond substituents is 2. The number of fused-ring (bicyclic) bond motifs is 1. The second-order valence-corrected chi connectivity index (χ2v) is 11.1. The minimum Gasteiger partial charge on any atom is -0.507 e. The number of amides is 1. The first-order valence-corrected chi connectivity index (χ1v) is 15.1. The lowest BCUT2D eigenvalue weighted by atomic mass is 9.84. The molecule has 2 heterocycles. The summed E-state index contributed by atoms with van der Waals surface area (Å²) in [6.07, 6.45) is 12.1. The summed E-state index contributed by atoms with van der Waals surface area (Å²) >= 11 is 0. The van der Waals surface area contributed by atoms with Crippen LogP contribution in [0.15, 0.2) is 55.1 Å². The summed E-state index contributed by atoms with van der Waals surface area (Å²) < 4.78 is 12.9. The fraction of sp³-hybridized carbons (Fsp3) is 0.412. The molecule has 1 aliphatic heterocycles. The van der Waals surface area contributed by atoms with Crippen LogP contribution in [0, 0.1) is 0 Å². The van der Waals surface area contributed by atoms with E-state index in [0.29, 0.717) is 74.9 Å². The van der Waals surface area contributed by atoms with Crippen LogP contribution in [0.5, 0.6) is 17.2 Å². The van der Waals surface area contributed by atoms with Gasteiger partial charge in [-0.2, -0.15) is 0 Å². The molecule has 10 heteroatoms. The second kappa shape index (κ2) is 15.7. The third-order valence-corrected chi connectivity index (χ3v) is 7.78. The number of ketones is 1. The number of aryl methyl sites for hydroxylation is 1. The maximum atomic E-state index is 13.5. The van der Waals surface area contributed by atoms with Gasteiger partial charge in [0.25, 0.3) is 0 Å². The summed E-state index contributed by atoms with van der Waals surface area (Å²) in [6, 6.07) is 8.43. The number of carbonyl (C=O) groups excluding carboxylic acids is 3. The first-order valence-electron chi connectivity index (χ1n) is 15.1. The number of carbonyl (C=O) groups is 3. The van der Waals surface area contributed by atoms with Crippen LogP contribution in [-0.2, 0) is 20.9 Å². The number of methoxy groups -OCH3 is 1. The van der Waals surface area contributed by atoms with Crippen LogP contribution < -0.4 is 10.1 Å². The number of hydrogen-bond acceptors (Lipinski definition) is 8. The van der Waals surface area contributed by atoms with Crippen molar-refractivity contribution >= 4 is 23.7 Å². The summed E-state index contributed by atoms with van der Waals surface area (Å²) in [5.74, 6) is -1.69. The van der Waals surface area contributed by atoms with E-state index in [9.17, 15) is 24.6 Å². The molecular weight excluding hydrogens is 562 g/mol. The fourth-order valence-electron chi connectivity index (χ4n) is 5.41. The Morgan fingerprint density at radius 2 is 1.95 bits per heavy atom. The molecule has 0 radical (unpaired) electrons. The van der Waals surface area contributed by atoms with Gasteiger partial charge in [-0.25, -0.2) is 9.78 Å². The van der Waals surface area contributed by atoms with Gasteiger partial charge in [0.1, 0.15) is 28.6 Å². The van der Waals surface area contributed by atoms with E-state index in [1.807, 2.05) is 16.8 Å². The molecule has 0 aliphatic carbocycles. The number of ether oxygens (including phenoxy) is 2. The van der Waals surface area contributed by atoms with Crippen LogP contribution >= 0.6 is 0 Å². The quantitative estimate of drug-likeness (QED) is 0.215. The van der Waals surface area contributed by atoms with E-state index >= 15 is 0 Å². The van der Waals surface area contributed by atoms with Crippen LogP contribution in [0.2, 0.25) is 0 Å². The number of nitrogens with one attached hydrogen (secondary N) is 1. The van der Waals surface area contributed by atoms with Crippen molar-refractivity contribution in [2.45, 2.75) is 76.9 Å². The molecule has 0 bridgehead atoms. The number of imidazole rings is 1. The number of aromatic nitrogens is 2. The predicted molar refractivity (Wildman–Crippen MR) is 166 cm³/mol. The number of benzene rings is 2. The molecule has 2 aromatic carbocycles. The zero-order valence-corrected chi connectivity index (χ0v) is 25.3. The van der Waals surface area contributed by atoms with E-state index < -0.39 is 23.7 Å². The third kappa shape index (κ3) is 8.72. The van der Waals surface area contributed by atoms with Crippen molar-refractivity contribution < 1.29 is 34.1 Å². The highest BCUT2D eigenvalue weighted by atomic mass is 16.5. The van der Waals surface area contributed by atoms with Gasteiger partial charge in [-0.05, 0) is 68.4 Å². The Morgan fingerprint density at radius 3 is 2.68 bits per heavy atom. The Labute approximate surface area is 257 Å². The Balaban J connectivity index is 1.67. The van der Waals surface area contributed by atoms with E-state index in [1.54, 1.807) is 56.9 Å². The van der Waals surface area contributed by atoms with Crippen molar-refractivity contribution in [1.29, 1.82) is 0 Å². The average Bonchev–Trinajstić information content (AvgIpc) is 3.52. The van der Waals surface area contributed by atoms with Crippen molar-refractivity contribution in [2.75, 3.05) is 13.7 Å². The van der Waals surface area contributed by atoms with Gasteiger partial charge in [-0.3, -0.25) is 9.59 Å². The number of rotatable bonds is 9. The van der Waals surface area contributed by atoms with Crippen LogP contribution in [0.1, 0.15) is 91.3 Å². The van der Waals surface area contributed by atoms with Gasteiger partial charge in [-0.1, -0.05) is 24.3 Å². The normalized spacial score (nSPS) is 16.8. The highest BCUT2D eigenvalue weighted by Gasteiger charge is 2.31. The van der Waals surface area contributed by atoms with Crippen molar-refractivity contribution in [3.8, 4) is 17.2 Å². The lowest BCUT2D eigenvalue weighted by Crippen LogP contribution is -2.27. The Hall–Kier alpha value is -4.60. The van der Waals surface area contributed by atoms with Gasteiger partial charge in [0.15, 0.2) is 0 Å². The molecule has 0 fully saturated rings. The average molecular weight is 604 g/mol. The van der Waals surface area contributed by atoms with E-state index in [0.717, 1.165) is 0 Å². The Morgan fingerprint density at radius 1 is 1.18 bits per heavy atom. The number of phenols is 2. The van der Waals surface area contributed by atoms with E-state index in [2.05, 4.69) is 10.3 Å². The summed E-state index contributed by atoms with van der Waals surface area (Å²) in [5, 5.41) is 25.9. The number of esters is 1. The summed E-state index contributed by atoms with van der Waals surface area (Å²) in [5.41, 5.74) is 0.926. The fourth-order valence-corrected chi connectivity index (χ4v) is 5.41. The molecular formula is C34H41N3O7. The zero-order chi connectivity index (χ0) is 31.5. The lowest BCUT2D eigenvalue weighted by Gasteiger charge is -2.23. The lowest BCUT2D eigenvalue weighted by molar-refractivity contribution is -0.121. The molecule has 2 atom stereocenters. The third-order valence-electron chi connectivity index (χ3n) is 7.78. The number of nitrogens with zero attached hydrogens (tertiary/aromatic N) is 2. The molecule has 1 aromatic heterocycles. The molecule has 1 unspecified atom stereocenters. The minimum absolute atomic E-state index is 0.0622. The van der Waals surface area contributed by atoms with Crippen molar-refractivity contribution in [1.82, 2.24) is 14.9 Å². The summed E-state index contributed by atoms with van der Waals surface area (Å²) in [4.78, 5) is 42.9. The molecule has 0 saturated heterocycles. The van der Waals surface area contributed by atoms with Gasteiger partial charge in [0.05, 0.1) is 19.5 Å². The Bertz CT molecular complexity index is 1450. The molecule has 3 N–H and O–H groups in total. The minimum atomic E-state index is -0.784. The molecule has 1 amide bonds. The van der Waals surface area contributed by atoms with Crippen LogP contribution in [0.3, 0.4) is 0 Å². The highest BCUT2D eigenvalue weighted by molar-refractivity contribution is 5.98. The number of hydrogen-bond donors (Lipinski definition) is 3. The number of aromatic hydroxyl groups is 2. The van der Waals surface area contributed by atoms with Gasteiger partial charge < -0.3 is 29.6 Å². The van der Waals surface area contributed by atoms with Gasteiger partial charge >= 0.3 is 5.97 Å². The monoisotopic (exact) mass is 603 g/mol. The molecule has 234 valence electrons. The summed E-state index contributed by atoms with van der Waals surface area (Å²) in [7, 11) is 1.55. The second-order valence-electron chi connectivity index (χ2n) is 11.1. The first-order chi connectivity index (χ1) is 21.3. The van der Waals surface area contributed by atoms with Crippen molar-refractivity contribution in [3.05, 3.63) is 77.4 Å². The maximum Gasteiger partial charge on any atom is 0.342 e. The van der Waals surface area contributed by atoms with E-state index in [1.165, 1.54) is 6.07 Å². The molecule has 1 aliphatic rings. The van der Waals surface area contributed by atoms with E-state index in [-0.39, 0.29) is 35.0 Å². The SMILES string of the molecule is COc1ccc(C(CC(=O)NCCCn2ccnc2)c2c(O)cc3c(c2O)C(=O)O[C@@H](C)CCCC(=O)CCCC=C3)cc1. The maximum absolute atomic E-state index is 13.5. The molecule has 0 saturated carbocycles. The standard InChI is InChI=1S/C34H41N3O7/c1-23-8-6-11-26(38)10-5-3-4-9-25-20-29(39)32(33(41)31(25)34(42)44-23)28(24-12-14-27(43-2)15-13-24)21-30(40)36-16-7-18-37-19-17-35-22-37/h4,9,12-15,17,19-20,22-23,28,39,41H,3,5-8,10-11,16,18,21H2,1-2H3,(H,36,40)/t23-,28?/m0/s1. The number of Topliss-reactive ketones (excluding diaryl/α,β-unsaturated/α-hetero) is 1. The zero-order valence-electron chi connectivity index (χ0n) is 25.3. The largest absolute Gasteiger partial charge is 0.507 e. The van der Waals surface area contributed by atoms with Crippen molar-refractivity contribution in [2.24, 2.45) is 0 Å². The topological polar surface area (TPSA) is 140 Å². The predicted octanol–water partition coefficient (Wildman–Crippen LogP) is 5.51. The van der Waals surface area contributed by atoms with Gasteiger partial charge in [0, 0.05) is 56.2 Å². The van der Waals surface area contributed by atoms with Crippen LogP contribution in [-0.4, -0.2) is 57.2 Å². The molecule has 4 rings (SSSR count). The van der Waals surface area contributed by atoms with Crippen LogP contribution in [0.25, 0.3) is 6.08 Å². The molecule has 0 spiro atoms. The van der Waals surface area contributed by atoms with E-state index in [4.69, 9.17) is 9.47 Å². The van der Waals surface area contributed by atoms with Gasteiger partial charge in [-0.15, -0.1) is 0 Å². The molecule has 3 aromatic rings. The van der Waals surface area contributed by atoms with Crippen LogP contribution in [0.4, 0.5) is 0 Å². The number of cyclic esters (lactones) is 1. The van der Waals surface area contributed by atoms with Crippen molar-refractivity contribution in [3.63, 3.8) is 0 Å². The smallest absolute Gasteiger partial charge is 0.342 e. The van der Waals surface area contributed by atoms with Gasteiger partial charge in [0.2, 0.25) is 5.91 Å². The summed E-state index contributed by atoms with van der Waals surface area (Å²) in [6.45, 7) is 2.87. The highest BCUT2D eigenvalue weighted by Crippen LogP contribution is 2.44.